The van der Waals surface area contributed by atoms with Crippen molar-refractivity contribution in [1.29, 1.82) is 5.26 Å². The molecule has 0 radical (unpaired) electrons. The van der Waals surface area contributed by atoms with E-state index < -0.39 is 0 Å². The molecular formula is C8H10N2O2. The molecule has 4 nitrogen and oxygen atoms in total. The standard InChI is InChI=1S/C8H10N2O2/c9-3-4-10-8(11)7-2-1-5-12-6-7/h6H,1-2,4-5H2,(H,10,11). The Bertz CT molecular complexity index is 240. The molecule has 4 heteroatoms. The Kier molecular flexibility index (Phi) is 3.15. The van der Waals surface area contributed by atoms with Crippen molar-refractivity contribution in [2.45, 2.75) is 12.8 Å². The van der Waals surface area contributed by atoms with Gasteiger partial charge in [-0.3, -0.25) is 4.79 Å². The van der Waals surface area contributed by atoms with Gasteiger partial charge in [0, 0.05) is 0 Å². The highest BCUT2D eigenvalue weighted by atomic mass is 16.5. The fourth-order valence-electron chi connectivity index (χ4n) is 0.965. The lowest BCUT2D eigenvalue weighted by Crippen LogP contribution is -2.26. The lowest BCUT2D eigenvalue weighted by molar-refractivity contribution is -0.117. The molecule has 1 N–H and O–H groups in total. The quantitative estimate of drug-likeness (QED) is 0.601. The molecule has 1 aliphatic rings. The zero-order valence-electron chi connectivity index (χ0n) is 6.67. The molecule has 0 aromatic rings. The van der Waals surface area contributed by atoms with E-state index in [2.05, 4.69) is 5.32 Å². The summed E-state index contributed by atoms with van der Waals surface area (Å²) in [5.74, 6) is -0.198. The van der Waals surface area contributed by atoms with E-state index in [9.17, 15) is 4.79 Å². The molecule has 0 aliphatic carbocycles. The molecule has 0 saturated carbocycles. The molecule has 0 aromatic carbocycles. The van der Waals surface area contributed by atoms with Gasteiger partial charge in [0.05, 0.1) is 24.5 Å². The second-order valence-electron chi connectivity index (χ2n) is 2.46. The van der Waals surface area contributed by atoms with Crippen molar-refractivity contribution in [3.63, 3.8) is 0 Å². The number of hydrogen-bond donors (Lipinski definition) is 1. The maximum atomic E-state index is 11.1. The minimum atomic E-state index is -0.198. The highest BCUT2D eigenvalue weighted by Gasteiger charge is 2.11. The number of carbonyl (C=O) groups is 1. The van der Waals surface area contributed by atoms with Crippen molar-refractivity contribution in [3.8, 4) is 6.07 Å². The van der Waals surface area contributed by atoms with Crippen LogP contribution in [0.25, 0.3) is 0 Å². The molecule has 1 heterocycles. The molecule has 0 atom stereocenters. The lowest BCUT2D eigenvalue weighted by Gasteiger charge is -2.11. The molecular weight excluding hydrogens is 156 g/mol. The first-order chi connectivity index (χ1) is 5.84. The summed E-state index contributed by atoms with van der Waals surface area (Å²) >= 11 is 0. The minimum Gasteiger partial charge on any atom is -0.501 e. The van der Waals surface area contributed by atoms with Crippen LogP contribution in [0, 0.1) is 11.3 Å². The van der Waals surface area contributed by atoms with Gasteiger partial charge in [-0.2, -0.15) is 5.26 Å². The summed E-state index contributed by atoms with van der Waals surface area (Å²) in [5.41, 5.74) is 0.622. The number of ether oxygens (including phenoxy) is 1. The van der Waals surface area contributed by atoms with Crippen LogP contribution in [0.4, 0.5) is 0 Å². The first-order valence-electron chi connectivity index (χ1n) is 3.80. The van der Waals surface area contributed by atoms with Crippen LogP contribution in [-0.4, -0.2) is 19.1 Å². The topological polar surface area (TPSA) is 62.1 Å². The molecule has 0 aromatic heterocycles. The molecule has 1 amide bonds. The molecule has 0 unspecified atom stereocenters. The van der Waals surface area contributed by atoms with E-state index in [1.807, 2.05) is 6.07 Å². The number of hydrogen-bond acceptors (Lipinski definition) is 3. The Morgan fingerprint density at radius 2 is 2.67 bits per heavy atom. The largest absolute Gasteiger partial charge is 0.501 e. The Hall–Kier alpha value is -1.50. The Labute approximate surface area is 70.8 Å². The SMILES string of the molecule is N#CCNC(=O)C1=COCCC1. The van der Waals surface area contributed by atoms with E-state index >= 15 is 0 Å². The van der Waals surface area contributed by atoms with Gasteiger partial charge in [-0.15, -0.1) is 0 Å². The van der Waals surface area contributed by atoms with Crippen molar-refractivity contribution in [1.82, 2.24) is 5.32 Å². The van der Waals surface area contributed by atoms with Crippen LogP contribution in [0.3, 0.4) is 0 Å². The summed E-state index contributed by atoms with van der Waals surface area (Å²) in [4.78, 5) is 11.1. The summed E-state index contributed by atoms with van der Waals surface area (Å²) in [6.45, 7) is 0.727. The predicted molar refractivity (Wildman–Crippen MR) is 41.9 cm³/mol. The third kappa shape index (κ3) is 2.27. The highest BCUT2D eigenvalue weighted by molar-refractivity contribution is 5.93. The van der Waals surface area contributed by atoms with E-state index in [0.717, 1.165) is 12.8 Å². The molecule has 0 bridgehead atoms. The average Bonchev–Trinajstić information content (AvgIpc) is 2.15. The van der Waals surface area contributed by atoms with Gasteiger partial charge in [0.25, 0.3) is 5.91 Å². The van der Waals surface area contributed by atoms with Gasteiger partial charge in [-0.05, 0) is 12.8 Å². The molecule has 1 aliphatic heterocycles. The van der Waals surface area contributed by atoms with Crippen LogP contribution < -0.4 is 5.32 Å². The van der Waals surface area contributed by atoms with Gasteiger partial charge in [0.15, 0.2) is 0 Å². The Morgan fingerprint density at radius 3 is 3.25 bits per heavy atom. The first-order valence-corrected chi connectivity index (χ1v) is 3.80. The van der Waals surface area contributed by atoms with Crippen LogP contribution in [0.1, 0.15) is 12.8 Å². The smallest absolute Gasteiger partial charge is 0.251 e. The van der Waals surface area contributed by atoms with Crippen LogP contribution >= 0.6 is 0 Å². The van der Waals surface area contributed by atoms with Crippen molar-refractivity contribution >= 4 is 5.91 Å². The Balaban J connectivity index is 2.41. The van der Waals surface area contributed by atoms with Crippen LogP contribution in [-0.2, 0) is 9.53 Å². The van der Waals surface area contributed by atoms with E-state index in [0.29, 0.717) is 12.2 Å². The van der Waals surface area contributed by atoms with Gasteiger partial charge in [-0.25, -0.2) is 0 Å². The number of nitrogens with zero attached hydrogens (tertiary/aromatic N) is 1. The molecule has 12 heavy (non-hydrogen) atoms. The monoisotopic (exact) mass is 166 g/mol. The first kappa shape index (κ1) is 8.60. The zero-order chi connectivity index (χ0) is 8.81. The third-order valence-electron chi connectivity index (χ3n) is 1.55. The normalized spacial score (nSPS) is 15.4. The number of amides is 1. The van der Waals surface area contributed by atoms with Crippen molar-refractivity contribution < 1.29 is 9.53 Å². The van der Waals surface area contributed by atoms with Gasteiger partial charge < -0.3 is 10.1 Å². The fourth-order valence-corrected chi connectivity index (χ4v) is 0.965. The summed E-state index contributed by atoms with van der Waals surface area (Å²) in [6, 6.07) is 1.84. The van der Waals surface area contributed by atoms with Crippen molar-refractivity contribution in [2.75, 3.05) is 13.2 Å². The minimum absolute atomic E-state index is 0.0518. The van der Waals surface area contributed by atoms with Crippen molar-refractivity contribution in [2.24, 2.45) is 0 Å². The van der Waals surface area contributed by atoms with Gasteiger partial charge in [-0.1, -0.05) is 0 Å². The van der Waals surface area contributed by atoms with Crippen molar-refractivity contribution in [3.05, 3.63) is 11.8 Å². The third-order valence-corrected chi connectivity index (χ3v) is 1.55. The summed E-state index contributed by atoms with van der Waals surface area (Å²) in [7, 11) is 0. The second kappa shape index (κ2) is 4.39. The molecule has 1 rings (SSSR count). The molecule has 0 saturated heterocycles. The van der Waals surface area contributed by atoms with Gasteiger partial charge in [0.1, 0.15) is 6.54 Å². The van der Waals surface area contributed by atoms with Crippen LogP contribution in [0.15, 0.2) is 11.8 Å². The van der Waals surface area contributed by atoms with E-state index in [-0.39, 0.29) is 12.5 Å². The average molecular weight is 166 g/mol. The molecule has 64 valence electrons. The second-order valence-corrected chi connectivity index (χ2v) is 2.46. The van der Waals surface area contributed by atoms with E-state index in [1.165, 1.54) is 6.26 Å². The van der Waals surface area contributed by atoms with Crippen LogP contribution in [0.5, 0.6) is 0 Å². The molecule has 0 fully saturated rings. The number of rotatable bonds is 2. The van der Waals surface area contributed by atoms with Gasteiger partial charge >= 0.3 is 0 Å². The maximum absolute atomic E-state index is 11.1. The fraction of sp³-hybridized carbons (Fsp3) is 0.500. The number of nitrogens with one attached hydrogen (secondary N) is 1. The van der Waals surface area contributed by atoms with Gasteiger partial charge in [0.2, 0.25) is 0 Å². The summed E-state index contributed by atoms with van der Waals surface area (Å²) < 4.78 is 4.98. The Morgan fingerprint density at radius 1 is 1.83 bits per heavy atom. The number of carbonyl (C=O) groups excluding carboxylic acids is 1. The number of nitriles is 1. The highest BCUT2D eigenvalue weighted by Crippen LogP contribution is 2.10. The van der Waals surface area contributed by atoms with E-state index in [1.54, 1.807) is 0 Å². The lowest BCUT2D eigenvalue weighted by atomic mass is 10.1. The summed E-state index contributed by atoms with van der Waals surface area (Å²) in [6.07, 6.45) is 3.07. The maximum Gasteiger partial charge on any atom is 0.251 e. The molecule has 0 spiro atoms. The van der Waals surface area contributed by atoms with Crippen LogP contribution in [0.2, 0.25) is 0 Å². The summed E-state index contributed by atoms with van der Waals surface area (Å²) in [5, 5.41) is 10.7. The predicted octanol–water partition coefficient (Wildman–Crippen LogP) is 0.320. The van der Waals surface area contributed by atoms with E-state index in [4.69, 9.17) is 10.00 Å². The zero-order valence-corrected chi connectivity index (χ0v) is 6.67.